The molecule has 1 aliphatic rings. The van der Waals surface area contributed by atoms with Gasteiger partial charge in [0.15, 0.2) is 0 Å². The van der Waals surface area contributed by atoms with E-state index in [0.29, 0.717) is 6.42 Å². The molecule has 1 fully saturated rings. The third kappa shape index (κ3) is 19.8. The van der Waals surface area contributed by atoms with Gasteiger partial charge >= 0.3 is 29.4 Å². The van der Waals surface area contributed by atoms with Gasteiger partial charge in [-0.3, -0.25) is 22.9 Å². The lowest BCUT2D eigenvalue weighted by Gasteiger charge is -2.44. The van der Waals surface area contributed by atoms with Crippen molar-refractivity contribution < 1.29 is 91.0 Å². The van der Waals surface area contributed by atoms with Crippen LogP contribution in [0.15, 0.2) is 0 Å². The molecule has 0 amide bonds. The summed E-state index contributed by atoms with van der Waals surface area (Å²) in [6, 6.07) is 0. The van der Waals surface area contributed by atoms with Gasteiger partial charge in [-0.15, -0.1) is 0 Å². The van der Waals surface area contributed by atoms with Gasteiger partial charge in [0.05, 0.1) is 13.2 Å². The normalized spacial score (nSPS) is 25.5. The van der Waals surface area contributed by atoms with Gasteiger partial charge in [0.1, 0.15) is 49.5 Å². The summed E-state index contributed by atoms with van der Waals surface area (Å²) >= 11 is 0. The largest absolute Gasteiger partial charge is 0.472 e. The van der Waals surface area contributed by atoms with E-state index in [0.717, 1.165) is 25.7 Å². The highest BCUT2D eigenvalue weighted by atomic mass is 31.2. The first kappa shape index (κ1) is 45.6. The van der Waals surface area contributed by atoms with Crippen molar-refractivity contribution >= 4 is 29.4 Å². The summed E-state index contributed by atoms with van der Waals surface area (Å²) in [5, 5.41) is 40.2. The van der Waals surface area contributed by atoms with E-state index in [1.54, 1.807) is 0 Å². The summed E-state index contributed by atoms with van der Waals surface area (Å²) in [4.78, 5) is 59.1. The Bertz CT molecular complexity index is 1040. The molecule has 9 N–H and O–H groups in total. The van der Waals surface area contributed by atoms with Crippen LogP contribution in [0.5, 0.6) is 0 Å². The van der Waals surface area contributed by atoms with E-state index in [-0.39, 0.29) is 6.42 Å². The highest BCUT2D eigenvalue weighted by molar-refractivity contribution is 7.47. The number of aliphatic hydroxyl groups is 4. The minimum atomic E-state index is -5.56. The molecule has 19 nitrogen and oxygen atoms in total. The van der Waals surface area contributed by atoms with Gasteiger partial charge < -0.3 is 54.4 Å². The molecular formula is C26H53O19P3. The molecule has 1 rings (SSSR count). The predicted octanol–water partition coefficient (Wildman–Crippen LogP) is 1.90. The standard InChI is InChI=1S/C26H53O19P3/c1-2-3-4-5-6-7-8-9-10-11-12-13-14-15-20(28)42-19(16-40-18-27)17-41-48(38,39)45-24-21(29)22(30)25(43-46(32,33)34)26(23(24)31)44-47(35,36)37/h19,21-27,29-31H,2-18H2,1H3,(H,38,39)(H2,32,33,34)(H2,35,36,37)/t19-,21+,22?,23?,24?,25-,26+/m1/s1. The zero-order chi connectivity index (χ0) is 36.4. The van der Waals surface area contributed by atoms with Crippen molar-refractivity contribution in [2.75, 3.05) is 20.0 Å². The lowest BCUT2D eigenvalue weighted by Crippen LogP contribution is -2.65. The Morgan fingerprint density at radius 1 is 0.625 bits per heavy atom. The fourth-order valence-electron chi connectivity index (χ4n) is 5.05. The molecule has 8 atom stereocenters. The topological polar surface area (TPSA) is 306 Å². The summed E-state index contributed by atoms with van der Waals surface area (Å²) in [5.41, 5.74) is 0. The van der Waals surface area contributed by atoms with Gasteiger partial charge in [-0.2, -0.15) is 0 Å². The second kappa shape index (κ2) is 23.2. The van der Waals surface area contributed by atoms with Crippen molar-refractivity contribution in [2.45, 2.75) is 140 Å². The average Bonchev–Trinajstić information content (AvgIpc) is 2.98. The molecule has 0 radical (unpaired) electrons. The van der Waals surface area contributed by atoms with Gasteiger partial charge in [0.25, 0.3) is 0 Å². The fraction of sp³-hybridized carbons (Fsp3) is 0.962. The van der Waals surface area contributed by atoms with Crippen LogP contribution in [0.4, 0.5) is 0 Å². The number of carbonyl (C=O) groups is 1. The highest BCUT2D eigenvalue weighted by Crippen LogP contribution is 2.51. The van der Waals surface area contributed by atoms with Crippen LogP contribution >= 0.6 is 23.5 Å². The number of phosphoric acid groups is 3. The van der Waals surface area contributed by atoms with Crippen LogP contribution in [-0.2, 0) is 46.1 Å². The molecule has 22 heteroatoms. The van der Waals surface area contributed by atoms with Crippen molar-refractivity contribution in [3.63, 3.8) is 0 Å². The first-order chi connectivity index (χ1) is 22.4. The number of hydrogen-bond donors (Lipinski definition) is 9. The number of esters is 1. The van der Waals surface area contributed by atoms with Gasteiger partial charge in [0, 0.05) is 6.42 Å². The Hall–Kier alpha value is -0.400. The second-order valence-corrected chi connectivity index (χ2v) is 15.3. The molecule has 0 aromatic rings. The van der Waals surface area contributed by atoms with Gasteiger partial charge in [-0.1, -0.05) is 84.0 Å². The van der Waals surface area contributed by atoms with E-state index in [4.69, 9.17) is 43.2 Å². The lowest BCUT2D eigenvalue weighted by atomic mass is 9.85. The Morgan fingerprint density at radius 3 is 1.52 bits per heavy atom. The van der Waals surface area contributed by atoms with Crippen molar-refractivity contribution in [1.82, 2.24) is 0 Å². The number of hydrogen-bond acceptors (Lipinski definition) is 14. The Kier molecular flexibility index (Phi) is 22.1. The van der Waals surface area contributed by atoms with Crippen molar-refractivity contribution in [3.8, 4) is 0 Å². The van der Waals surface area contributed by atoms with Gasteiger partial charge in [-0.05, 0) is 6.42 Å². The van der Waals surface area contributed by atoms with E-state index in [1.807, 2.05) is 0 Å². The van der Waals surface area contributed by atoms with Gasteiger partial charge in [-0.25, -0.2) is 13.7 Å². The van der Waals surface area contributed by atoms with E-state index < -0.39 is 92.2 Å². The number of rotatable bonds is 27. The molecule has 48 heavy (non-hydrogen) atoms. The molecule has 0 spiro atoms. The predicted molar refractivity (Wildman–Crippen MR) is 166 cm³/mol. The first-order valence-corrected chi connectivity index (χ1v) is 20.5. The Morgan fingerprint density at radius 2 is 1.06 bits per heavy atom. The number of ether oxygens (including phenoxy) is 2. The van der Waals surface area contributed by atoms with Crippen molar-refractivity contribution in [1.29, 1.82) is 0 Å². The summed E-state index contributed by atoms with van der Waals surface area (Å²) in [6.07, 6.45) is -1.69. The fourth-order valence-corrected chi connectivity index (χ4v) is 7.14. The molecule has 0 heterocycles. The molecule has 0 aliphatic heterocycles. The second-order valence-electron chi connectivity index (χ2n) is 11.5. The van der Waals surface area contributed by atoms with E-state index in [9.17, 15) is 38.7 Å². The van der Waals surface area contributed by atoms with E-state index >= 15 is 0 Å². The van der Waals surface area contributed by atoms with Crippen LogP contribution in [0.2, 0.25) is 0 Å². The number of carbonyl (C=O) groups excluding carboxylic acids is 1. The third-order valence-electron chi connectivity index (χ3n) is 7.39. The van der Waals surface area contributed by atoms with Crippen LogP contribution < -0.4 is 0 Å². The minimum Gasteiger partial charge on any atom is -0.457 e. The molecule has 1 saturated carbocycles. The molecule has 0 aromatic heterocycles. The molecule has 0 aromatic carbocycles. The maximum atomic E-state index is 12.7. The number of aliphatic hydroxyl groups excluding tert-OH is 4. The maximum absolute atomic E-state index is 12.7. The maximum Gasteiger partial charge on any atom is 0.472 e. The first-order valence-electron chi connectivity index (χ1n) is 16.0. The number of unbranched alkanes of at least 4 members (excludes halogenated alkanes) is 12. The summed E-state index contributed by atoms with van der Waals surface area (Å²) in [7, 11) is -16.4. The zero-order valence-corrected chi connectivity index (χ0v) is 29.7. The van der Waals surface area contributed by atoms with Crippen molar-refractivity contribution in [3.05, 3.63) is 0 Å². The summed E-state index contributed by atoms with van der Waals surface area (Å²) in [6.45, 7) is 0.0533. The van der Waals surface area contributed by atoms with Crippen LogP contribution in [0.1, 0.15) is 96.8 Å². The monoisotopic (exact) mass is 762 g/mol. The van der Waals surface area contributed by atoms with E-state index in [1.165, 1.54) is 51.4 Å². The number of phosphoric ester groups is 3. The molecule has 286 valence electrons. The van der Waals surface area contributed by atoms with Crippen LogP contribution in [0.25, 0.3) is 0 Å². The summed E-state index contributed by atoms with van der Waals surface area (Å²) < 4.78 is 63.4. The lowest BCUT2D eigenvalue weighted by molar-refractivity contribution is -0.213. The SMILES string of the molecule is CCCCCCCCCCCCCCCC(=O)O[C@H](COCO)COP(=O)(O)OC1C(O)[C@H](OP(=O)(O)O)[C@H](OP(=O)(O)O)C(O)[C@@H]1O. The molecule has 4 unspecified atom stereocenters. The van der Waals surface area contributed by atoms with Crippen molar-refractivity contribution in [2.24, 2.45) is 0 Å². The zero-order valence-electron chi connectivity index (χ0n) is 27.0. The van der Waals surface area contributed by atoms with Crippen LogP contribution in [0.3, 0.4) is 0 Å². The van der Waals surface area contributed by atoms with Crippen LogP contribution in [-0.4, -0.2) is 114 Å². The Labute approximate surface area is 279 Å². The Balaban J connectivity index is 2.61. The smallest absolute Gasteiger partial charge is 0.457 e. The third-order valence-corrected chi connectivity index (χ3v) is 9.42. The minimum absolute atomic E-state index is 0.0256. The highest BCUT2D eigenvalue weighted by Gasteiger charge is 2.56. The van der Waals surface area contributed by atoms with Gasteiger partial charge in [0.2, 0.25) is 0 Å². The summed E-state index contributed by atoms with van der Waals surface area (Å²) in [5.74, 6) is -0.684. The molecule has 1 aliphatic carbocycles. The average molecular weight is 763 g/mol. The molecule has 0 saturated heterocycles. The molecular weight excluding hydrogens is 709 g/mol. The molecule has 0 bridgehead atoms. The van der Waals surface area contributed by atoms with Crippen LogP contribution in [0, 0.1) is 0 Å². The van der Waals surface area contributed by atoms with E-state index in [2.05, 4.69) is 16.0 Å². The quantitative estimate of drug-likeness (QED) is 0.0250.